The van der Waals surface area contributed by atoms with Gasteiger partial charge in [0.1, 0.15) is 0 Å². The Labute approximate surface area is 126 Å². The van der Waals surface area contributed by atoms with Crippen molar-refractivity contribution < 1.29 is 5.21 Å². The minimum Gasteiger partial charge on any atom is -0.409 e. The van der Waals surface area contributed by atoms with Gasteiger partial charge in [-0.1, -0.05) is 47.6 Å². The number of hydrogen-bond acceptors (Lipinski definition) is 3. The summed E-state index contributed by atoms with van der Waals surface area (Å²) in [5.74, 6) is 0.0638. The number of para-hydroxylation sites is 1. The van der Waals surface area contributed by atoms with Crippen LogP contribution in [-0.4, -0.2) is 15.6 Å². The van der Waals surface area contributed by atoms with Crippen LogP contribution >= 0.6 is 0 Å². The average Bonchev–Trinajstić information content (AvgIpc) is 2.57. The van der Waals surface area contributed by atoms with E-state index in [9.17, 15) is 4.79 Å². The number of nitrogens with zero attached hydrogens (tertiary/aromatic N) is 2. The van der Waals surface area contributed by atoms with Crippen molar-refractivity contribution in [3.05, 3.63) is 82.1 Å². The van der Waals surface area contributed by atoms with Crippen LogP contribution in [0.4, 0.5) is 0 Å². The fourth-order valence-electron chi connectivity index (χ4n) is 2.43. The molecule has 3 rings (SSSR count). The normalized spacial score (nSPS) is 11.7. The molecule has 0 fully saturated rings. The quantitative estimate of drug-likeness (QED) is 0.336. The fourth-order valence-corrected chi connectivity index (χ4v) is 2.43. The smallest absolute Gasteiger partial charge is 0.251 e. The maximum atomic E-state index is 12.1. The van der Waals surface area contributed by atoms with E-state index in [2.05, 4.69) is 5.16 Å². The summed E-state index contributed by atoms with van der Waals surface area (Å²) >= 11 is 0. The highest BCUT2D eigenvalue weighted by Gasteiger charge is 2.04. The van der Waals surface area contributed by atoms with Crippen LogP contribution in [0.2, 0.25) is 0 Å². The standard InChI is InChI=1S/C17H15N3O2/c18-17(19-22)14-7-5-12(6-8-14)11-20-15-4-2-1-3-13(15)9-10-16(20)21/h1-10,22H,11H2,(H2,18,19). The number of rotatable bonds is 3. The van der Waals surface area contributed by atoms with Gasteiger partial charge in [0.25, 0.3) is 5.56 Å². The number of oxime groups is 1. The molecule has 5 nitrogen and oxygen atoms in total. The number of benzene rings is 2. The molecular weight excluding hydrogens is 278 g/mol. The molecule has 0 aliphatic carbocycles. The first-order valence-electron chi connectivity index (χ1n) is 6.84. The van der Waals surface area contributed by atoms with E-state index in [0.29, 0.717) is 12.1 Å². The lowest BCUT2D eigenvalue weighted by Crippen LogP contribution is -2.20. The van der Waals surface area contributed by atoms with Gasteiger partial charge in [0, 0.05) is 11.6 Å². The molecule has 0 saturated heterocycles. The Morgan fingerprint density at radius 1 is 1.05 bits per heavy atom. The summed E-state index contributed by atoms with van der Waals surface area (Å²) in [6, 6.07) is 18.4. The Bertz CT molecular complexity index is 896. The van der Waals surface area contributed by atoms with Crippen molar-refractivity contribution in [3.8, 4) is 0 Å². The molecular formula is C17H15N3O2. The van der Waals surface area contributed by atoms with Crippen LogP contribution < -0.4 is 11.3 Å². The van der Waals surface area contributed by atoms with Gasteiger partial charge in [-0.15, -0.1) is 0 Å². The number of amidine groups is 1. The lowest BCUT2D eigenvalue weighted by molar-refractivity contribution is 0.318. The maximum Gasteiger partial charge on any atom is 0.251 e. The van der Waals surface area contributed by atoms with E-state index >= 15 is 0 Å². The second-order valence-electron chi connectivity index (χ2n) is 5.00. The second kappa shape index (κ2) is 5.73. The summed E-state index contributed by atoms with van der Waals surface area (Å²) < 4.78 is 1.73. The molecule has 0 spiro atoms. The summed E-state index contributed by atoms with van der Waals surface area (Å²) in [6.45, 7) is 0.469. The number of pyridine rings is 1. The number of nitrogens with two attached hydrogens (primary N) is 1. The third-order valence-corrected chi connectivity index (χ3v) is 3.60. The van der Waals surface area contributed by atoms with Crippen LogP contribution in [0.15, 0.2) is 70.6 Å². The minimum atomic E-state index is -0.0424. The Kier molecular flexibility index (Phi) is 3.62. The van der Waals surface area contributed by atoms with Crippen LogP contribution in [0.3, 0.4) is 0 Å². The lowest BCUT2D eigenvalue weighted by atomic mass is 10.1. The first-order valence-corrected chi connectivity index (χ1v) is 6.84. The molecule has 0 bridgehead atoms. The SMILES string of the molecule is NC(=NO)c1ccc(Cn2c(=O)ccc3ccccc32)cc1. The van der Waals surface area contributed by atoms with Crippen molar-refractivity contribution in [1.82, 2.24) is 4.57 Å². The molecule has 110 valence electrons. The molecule has 0 radical (unpaired) electrons. The van der Waals surface area contributed by atoms with Crippen molar-refractivity contribution in [2.75, 3.05) is 0 Å². The molecule has 1 heterocycles. The van der Waals surface area contributed by atoms with Crippen LogP contribution in [0, 0.1) is 0 Å². The molecule has 0 unspecified atom stereocenters. The van der Waals surface area contributed by atoms with Crippen molar-refractivity contribution in [3.63, 3.8) is 0 Å². The molecule has 3 aromatic rings. The van der Waals surface area contributed by atoms with E-state index in [1.54, 1.807) is 22.8 Å². The van der Waals surface area contributed by atoms with Gasteiger partial charge in [0.15, 0.2) is 5.84 Å². The van der Waals surface area contributed by atoms with Crippen molar-refractivity contribution in [1.29, 1.82) is 0 Å². The second-order valence-corrected chi connectivity index (χ2v) is 5.00. The van der Waals surface area contributed by atoms with Crippen molar-refractivity contribution >= 4 is 16.7 Å². The molecule has 3 N–H and O–H groups in total. The van der Waals surface area contributed by atoms with Crippen LogP contribution in [-0.2, 0) is 6.54 Å². The Morgan fingerprint density at radius 3 is 2.50 bits per heavy atom. The third kappa shape index (κ3) is 2.56. The minimum absolute atomic E-state index is 0.0424. The van der Waals surface area contributed by atoms with Gasteiger partial charge in [0.05, 0.1) is 12.1 Å². The van der Waals surface area contributed by atoms with Gasteiger partial charge in [-0.05, 0) is 23.1 Å². The van der Waals surface area contributed by atoms with E-state index < -0.39 is 0 Å². The topological polar surface area (TPSA) is 80.6 Å². The summed E-state index contributed by atoms with van der Waals surface area (Å²) in [7, 11) is 0. The van der Waals surface area contributed by atoms with E-state index in [4.69, 9.17) is 10.9 Å². The zero-order valence-electron chi connectivity index (χ0n) is 11.8. The van der Waals surface area contributed by atoms with Crippen LogP contribution in [0.1, 0.15) is 11.1 Å². The summed E-state index contributed by atoms with van der Waals surface area (Å²) in [6.07, 6.45) is 0. The maximum absolute atomic E-state index is 12.1. The Balaban J connectivity index is 2.00. The van der Waals surface area contributed by atoms with E-state index in [-0.39, 0.29) is 11.4 Å². The monoisotopic (exact) mass is 293 g/mol. The van der Waals surface area contributed by atoms with Gasteiger partial charge in [0.2, 0.25) is 0 Å². The zero-order chi connectivity index (χ0) is 15.5. The lowest BCUT2D eigenvalue weighted by Gasteiger charge is -2.10. The van der Waals surface area contributed by atoms with Gasteiger partial charge in [-0.3, -0.25) is 4.79 Å². The number of fused-ring (bicyclic) bond motifs is 1. The largest absolute Gasteiger partial charge is 0.409 e. The first-order chi connectivity index (χ1) is 10.7. The van der Waals surface area contributed by atoms with E-state index in [0.717, 1.165) is 16.5 Å². The number of aromatic nitrogens is 1. The zero-order valence-corrected chi connectivity index (χ0v) is 11.8. The average molecular weight is 293 g/mol. The van der Waals surface area contributed by atoms with Crippen LogP contribution in [0.25, 0.3) is 10.9 Å². The fraction of sp³-hybridized carbons (Fsp3) is 0.0588. The van der Waals surface area contributed by atoms with Gasteiger partial charge >= 0.3 is 0 Å². The highest BCUT2D eigenvalue weighted by atomic mass is 16.4. The molecule has 0 amide bonds. The molecule has 0 aliphatic rings. The predicted molar refractivity (Wildman–Crippen MR) is 86.3 cm³/mol. The van der Waals surface area contributed by atoms with Gasteiger partial charge < -0.3 is 15.5 Å². The molecule has 0 atom stereocenters. The first kappa shape index (κ1) is 13.9. The Hall–Kier alpha value is -3.08. The van der Waals surface area contributed by atoms with Crippen molar-refractivity contribution in [2.45, 2.75) is 6.54 Å². The van der Waals surface area contributed by atoms with Gasteiger partial charge in [-0.25, -0.2) is 0 Å². The molecule has 1 aromatic heterocycles. The highest BCUT2D eigenvalue weighted by Crippen LogP contribution is 2.13. The van der Waals surface area contributed by atoms with E-state index in [1.807, 2.05) is 42.5 Å². The predicted octanol–water partition coefficient (Wildman–Crippen LogP) is 2.14. The van der Waals surface area contributed by atoms with E-state index in [1.165, 1.54) is 0 Å². The molecule has 5 heteroatoms. The number of hydrogen-bond donors (Lipinski definition) is 2. The summed E-state index contributed by atoms with van der Waals surface area (Å²) in [5, 5.41) is 12.7. The van der Waals surface area contributed by atoms with Gasteiger partial charge in [-0.2, -0.15) is 0 Å². The summed E-state index contributed by atoms with van der Waals surface area (Å²) in [4.78, 5) is 12.1. The highest BCUT2D eigenvalue weighted by molar-refractivity contribution is 5.96. The molecule has 0 saturated carbocycles. The van der Waals surface area contributed by atoms with Crippen molar-refractivity contribution in [2.24, 2.45) is 10.9 Å². The molecule has 0 aliphatic heterocycles. The summed E-state index contributed by atoms with van der Waals surface area (Å²) in [5.41, 5.74) is 8.00. The third-order valence-electron chi connectivity index (χ3n) is 3.60. The Morgan fingerprint density at radius 2 is 1.77 bits per heavy atom. The molecule has 22 heavy (non-hydrogen) atoms. The van der Waals surface area contributed by atoms with Crippen LogP contribution in [0.5, 0.6) is 0 Å². The molecule has 2 aromatic carbocycles.